The van der Waals surface area contributed by atoms with Gasteiger partial charge in [-0.05, 0) is 64.4 Å². The lowest BCUT2D eigenvalue weighted by Crippen LogP contribution is -2.37. The molecule has 1 saturated heterocycles. The number of hydrogen-bond donors (Lipinski definition) is 1. The second kappa shape index (κ2) is 7.46. The van der Waals surface area contributed by atoms with Crippen LogP contribution in [0.15, 0.2) is 24.3 Å². The minimum atomic E-state index is 0.0797. The van der Waals surface area contributed by atoms with Gasteiger partial charge in [0.1, 0.15) is 5.75 Å². The van der Waals surface area contributed by atoms with Gasteiger partial charge in [-0.1, -0.05) is 6.07 Å². The van der Waals surface area contributed by atoms with Crippen molar-refractivity contribution in [3.05, 3.63) is 29.8 Å². The maximum atomic E-state index is 12.6. The number of carbonyl (C=O) groups is 1. The van der Waals surface area contributed by atoms with Crippen molar-refractivity contribution < 1.29 is 9.53 Å². The highest BCUT2D eigenvalue weighted by atomic mass is 16.5. The lowest BCUT2D eigenvalue weighted by atomic mass is 10.1. The molecule has 116 valence electrons. The molecule has 21 heavy (non-hydrogen) atoms. The van der Waals surface area contributed by atoms with Crippen molar-refractivity contribution in [3.8, 4) is 5.75 Å². The van der Waals surface area contributed by atoms with E-state index in [2.05, 4.69) is 5.32 Å². The zero-order chi connectivity index (χ0) is 15.2. The fourth-order valence-electron chi connectivity index (χ4n) is 2.73. The lowest BCUT2D eigenvalue weighted by Gasteiger charge is -2.27. The minimum Gasteiger partial charge on any atom is -0.491 e. The molecule has 0 aliphatic carbocycles. The fourth-order valence-corrected chi connectivity index (χ4v) is 2.73. The molecule has 0 bridgehead atoms. The van der Waals surface area contributed by atoms with Crippen LogP contribution in [-0.4, -0.2) is 43.1 Å². The normalized spacial score (nSPS) is 19.1. The van der Waals surface area contributed by atoms with Crippen LogP contribution in [0.3, 0.4) is 0 Å². The molecule has 0 saturated carbocycles. The quantitative estimate of drug-likeness (QED) is 0.927. The Morgan fingerprint density at radius 1 is 1.33 bits per heavy atom. The highest BCUT2D eigenvalue weighted by Crippen LogP contribution is 2.19. The van der Waals surface area contributed by atoms with E-state index < -0.39 is 0 Å². The molecule has 4 heteroatoms. The van der Waals surface area contributed by atoms with E-state index in [1.54, 1.807) is 0 Å². The third-order valence-corrected chi connectivity index (χ3v) is 3.87. The summed E-state index contributed by atoms with van der Waals surface area (Å²) in [6.07, 6.45) is 3.32. The summed E-state index contributed by atoms with van der Waals surface area (Å²) in [7, 11) is 1.91. The fraction of sp³-hybridized carbons (Fsp3) is 0.588. The molecule has 0 radical (unpaired) electrons. The first-order chi connectivity index (χ1) is 10.1. The summed E-state index contributed by atoms with van der Waals surface area (Å²) in [6.45, 7) is 6.01. The van der Waals surface area contributed by atoms with Crippen molar-refractivity contribution >= 4 is 5.91 Å². The smallest absolute Gasteiger partial charge is 0.253 e. The molecule has 0 aromatic heterocycles. The van der Waals surface area contributed by atoms with Gasteiger partial charge in [-0.15, -0.1) is 0 Å². The Balaban J connectivity index is 2.07. The van der Waals surface area contributed by atoms with Gasteiger partial charge in [-0.3, -0.25) is 4.79 Å². The number of nitrogens with one attached hydrogen (secondary N) is 1. The predicted molar refractivity (Wildman–Crippen MR) is 84.8 cm³/mol. The van der Waals surface area contributed by atoms with Gasteiger partial charge in [0.2, 0.25) is 0 Å². The van der Waals surface area contributed by atoms with Crippen molar-refractivity contribution in [1.29, 1.82) is 0 Å². The molecule has 1 aliphatic heterocycles. The summed E-state index contributed by atoms with van der Waals surface area (Å²) < 4.78 is 5.67. The van der Waals surface area contributed by atoms with Crippen molar-refractivity contribution in [3.63, 3.8) is 0 Å². The van der Waals surface area contributed by atoms with Gasteiger partial charge in [0.05, 0.1) is 6.10 Å². The Kier molecular flexibility index (Phi) is 5.62. The van der Waals surface area contributed by atoms with Crippen molar-refractivity contribution in [1.82, 2.24) is 10.2 Å². The van der Waals surface area contributed by atoms with Crippen LogP contribution >= 0.6 is 0 Å². The maximum Gasteiger partial charge on any atom is 0.253 e. The SMILES string of the molecule is CC(C)Oc1cccc(C(=O)N(C)C2CCCNCC2)c1. The molecular formula is C17H26N2O2. The number of amides is 1. The average molecular weight is 290 g/mol. The molecule has 1 heterocycles. The first-order valence-electron chi connectivity index (χ1n) is 7.82. The van der Waals surface area contributed by atoms with Crippen LogP contribution in [-0.2, 0) is 0 Å². The first kappa shape index (κ1) is 15.8. The topological polar surface area (TPSA) is 41.6 Å². The van der Waals surface area contributed by atoms with Crippen LogP contribution in [0.4, 0.5) is 0 Å². The van der Waals surface area contributed by atoms with E-state index in [1.165, 1.54) is 0 Å². The summed E-state index contributed by atoms with van der Waals surface area (Å²) in [6, 6.07) is 7.80. The Bertz CT molecular complexity index is 466. The van der Waals surface area contributed by atoms with E-state index in [4.69, 9.17) is 4.74 Å². The Morgan fingerprint density at radius 2 is 2.14 bits per heavy atom. The van der Waals surface area contributed by atoms with E-state index in [1.807, 2.05) is 50.1 Å². The molecule has 1 N–H and O–H groups in total. The third kappa shape index (κ3) is 4.46. The monoisotopic (exact) mass is 290 g/mol. The molecule has 1 aromatic rings. The number of nitrogens with zero attached hydrogens (tertiary/aromatic N) is 1. The largest absolute Gasteiger partial charge is 0.491 e. The Labute approximate surface area is 127 Å². The molecule has 1 aliphatic rings. The standard InChI is InChI=1S/C17H26N2O2/c1-13(2)21-16-8-4-6-14(12-16)17(20)19(3)15-7-5-10-18-11-9-15/h4,6,8,12-13,15,18H,5,7,9-11H2,1-3H3. The molecule has 1 atom stereocenters. The second-order valence-corrected chi connectivity index (χ2v) is 5.95. The number of hydrogen-bond acceptors (Lipinski definition) is 3. The van der Waals surface area contributed by atoms with E-state index in [9.17, 15) is 4.79 Å². The van der Waals surface area contributed by atoms with Gasteiger partial charge in [0.25, 0.3) is 5.91 Å². The van der Waals surface area contributed by atoms with Gasteiger partial charge in [-0.2, -0.15) is 0 Å². The molecule has 4 nitrogen and oxygen atoms in total. The highest BCUT2D eigenvalue weighted by molar-refractivity contribution is 5.94. The summed E-state index contributed by atoms with van der Waals surface area (Å²) in [4.78, 5) is 14.5. The molecule has 1 fully saturated rings. The van der Waals surface area contributed by atoms with Crippen LogP contribution in [0.5, 0.6) is 5.75 Å². The first-order valence-corrected chi connectivity index (χ1v) is 7.82. The van der Waals surface area contributed by atoms with Crippen molar-refractivity contribution in [2.75, 3.05) is 20.1 Å². The van der Waals surface area contributed by atoms with Crippen LogP contribution in [0.1, 0.15) is 43.5 Å². The van der Waals surface area contributed by atoms with E-state index in [0.717, 1.165) is 38.1 Å². The molecule has 2 rings (SSSR count). The van der Waals surface area contributed by atoms with E-state index in [-0.39, 0.29) is 12.0 Å². The molecule has 1 aromatic carbocycles. The number of rotatable bonds is 4. The zero-order valence-electron chi connectivity index (χ0n) is 13.3. The van der Waals surface area contributed by atoms with Crippen LogP contribution < -0.4 is 10.1 Å². The minimum absolute atomic E-state index is 0.0797. The number of benzene rings is 1. The third-order valence-electron chi connectivity index (χ3n) is 3.87. The van der Waals surface area contributed by atoms with Crippen molar-refractivity contribution in [2.45, 2.75) is 45.3 Å². The van der Waals surface area contributed by atoms with Crippen LogP contribution in [0, 0.1) is 0 Å². The van der Waals surface area contributed by atoms with Crippen molar-refractivity contribution in [2.24, 2.45) is 0 Å². The Morgan fingerprint density at radius 3 is 2.90 bits per heavy atom. The van der Waals surface area contributed by atoms with Gasteiger partial charge >= 0.3 is 0 Å². The number of ether oxygens (including phenoxy) is 1. The van der Waals surface area contributed by atoms with Crippen LogP contribution in [0.2, 0.25) is 0 Å². The van der Waals surface area contributed by atoms with Gasteiger partial charge in [0, 0.05) is 18.7 Å². The van der Waals surface area contributed by atoms with Gasteiger partial charge in [0.15, 0.2) is 0 Å². The molecular weight excluding hydrogens is 264 g/mol. The zero-order valence-corrected chi connectivity index (χ0v) is 13.3. The van der Waals surface area contributed by atoms with Gasteiger partial charge < -0.3 is 15.0 Å². The molecule has 0 spiro atoms. The Hall–Kier alpha value is -1.55. The average Bonchev–Trinajstić information content (AvgIpc) is 2.74. The predicted octanol–water partition coefficient (Wildman–Crippen LogP) is 2.69. The summed E-state index contributed by atoms with van der Waals surface area (Å²) in [5.41, 5.74) is 0.702. The summed E-state index contributed by atoms with van der Waals surface area (Å²) in [5, 5.41) is 3.38. The molecule has 1 unspecified atom stereocenters. The second-order valence-electron chi connectivity index (χ2n) is 5.95. The van der Waals surface area contributed by atoms with E-state index in [0.29, 0.717) is 11.6 Å². The number of carbonyl (C=O) groups excluding carboxylic acids is 1. The van der Waals surface area contributed by atoms with E-state index >= 15 is 0 Å². The lowest BCUT2D eigenvalue weighted by molar-refractivity contribution is 0.0719. The molecule has 1 amide bonds. The maximum absolute atomic E-state index is 12.6. The summed E-state index contributed by atoms with van der Waals surface area (Å²) >= 11 is 0. The summed E-state index contributed by atoms with van der Waals surface area (Å²) in [5.74, 6) is 0.836. The highest BCUT2D eigenvalue weighted by Gasteiger charge is 2.22. The van der Waals surface area contributed by atoms with Crippen LogP contribution in [0.25, 0.3) is 0 Å². The van der Waals surface area contributed by atoms with Gasteiger partial charge in [-0.25, -0.2) is 0 Å².